The molecule has 0 bridgehead atoms. The monoisotopic (exact) mass is 397 g/mol. The molecule has 5 heteroatoms. The van der Waals surface area contributed by atoms with Gasteiger partial charge in [0.1, 0.15) is 11.8 Å². The first-order valence-electron chi connectivity index (χ1n) is 10.3. The van der Waals surface area contributed by atoms with Crippen molar-refractivity contribution in [2.24, 2.45) is 0 Å². The molecule has 1 saturated heterocycles. The van der Waals surface area contributed by atoms with Gasteiger partial charge in [0.2, 0.25) is 0 Å². The van der Waals surface area contributed by atoms with E-state index in [2.05, 4.69) is 34.2 Å². The maximum atomic E-state index is 10.2. The van der Waals surface area contributed by atoms with Crippen molar-refractivity contribution < 1.29 is 9.47 Å². The minimum absolute atomic E-state index is 0.682. The van der Waals surface area contributed by atoms with Gasteiger partial charge in [0.25, 0.3) is 0 Å². The maximum absolute atomic E-state index is 10.2. The number of aryl methyl sites for hydroxylation is 1. The van der Waals surface area contributed by atoms with Crippen molar-refractivity contribution in [2.45, 2.75) is 12.8 Å². The average Bonchev–Trinajstić information content (AvgIpc) is 2.83. The number of pyridine rings is 1. The number of nitriles is 1. The van der Waals surface area contributed by atoms with Crippen molar-refractivity contribution in [3.63, 3.8) is 0 Å². The standard InChI is InChI=1S/C25H23N3O2/c1-29-18-6-8-19-17(14-18)5-7-20-21(19)15-22(24-4-2-3-9-27-24)23(16-26)25(20)28-10-12-30-13-11-28/h2-4,6,8-9,14-15H,5,7,10-13H2,1H3. The Hall–Kier alpha value is -3.36. The van der Waals surface area contributed by atoms with Gasteiger partial charge in [0.15, 0.2) is 0 Å². The summed E-state index contributed by atoms with van der Waals surface area (Å²) in [5.41, 5.74) is 8.44. The van der Waals surface area contributed by atoms with Gasteiger partial charge in [0.05, 0.1) is 37.3 Å². The number of rotatable bonds is 3. The summed E-state index contributed by atoms with van der Waals surface area (Å²) < 4.78 is 11.0. The number of methoxy groups -OCH3 is 1. The molecule has 0 amide bonds. The molecule has 1 aromatic heterocycles. The predicted octanol–water partition coefficient (Wildman–Crippen LogP) is 4.23. The highest BCUT2D eigenvalue weighted by atomic mass is 16.5. The highest BCUT2D eigenvalue weighted by Crippen LogP contribution is 2.45. The van der Waals surface area contributed by atoms with Crippen LogP contribution in [-0.4, -0.2) is 38.4 Å². The Morgan fingerprint density at radius 3 is 2.63 bits per heavy atom. The molecule has 1 fully saturated rings. The lowest BCUT2D eigenvalue weighted by Gasteiger charge is -2.34. The van der Waals surface area contributed by atoms with E-state index in [0.717, 1.165) is 48.6 Å². The van der Waals surface area contributed by atoms with Gasteiger partial charge in [-0.1, -0.05) is 12.1 Å². The van der Waals surface area contributed by atoms with E-state index in [-0.39, 0.29) is 0 Å². The van der Waals surface area contributed by atoms with Crippen LogP contribution >= 0.6 is 0 Å². The summed E-state index contributed by atoms with van der Waals surface area (Å²) >= 11 is 0. The van der Waals surface area contributed by atoms with Gasteiger partial charge >= 0.3 is 0 Å². The van der Waals surface area contributed by atoms with Crippen LogP contribution in [0.3, 0.4) is 0 Å². The molecule has 1 aliphatic heterocycles. The summed E-state index contributed by atoms with van der Waals surface area (Å²) in [5, 5.41) is 10.2. The molecule has 0 unspecified atom stereocenters. The summed E-state index contributed by atoms with van der Waals surface area (Å²) in [5.74, 6) is 0.879. The SMILES string of the molecule is COc1ccc2c(c1)CCc1c-2cc(-c2ccccn2)c(C#N)c1N1CCOCC1. The lowest BCUT2D eigenvalue weighted by molar-refractivity contribution is 0.122. The molecule has 5 nitrogen and oxygen atoms in total. The van der Waals surface area contributed by atoms with Crippen LogP contribution in [0.5, 0.6) is 5.75 Å². The third-order valence-electron chi connectivity index (χ3n) is 6.03. The van der Waals surface area contributed by atoms with E-state index in [1.54, 1.807) is 13.3 Å². The van der Waals surface area contributed by atoms with Crippen LogP contribution in [0.2, 0.25) is 0 Å². The average molecular weight is 397 g/mol. The van der Waals surface area contributed by atoms with E-state index < -0.39 is 0 Å². The van der Waals surface area contributed by atoms with Gasteiger partial charge in [-0.05, 0) is 65.4 Å². The number of fused-ring (bicyclic) bond motifs is 3. The smallest absolute Gasteiger partial charge is 0.119 e. The molecule has 30 heavy (non-hydrogen) atoms. The van der Waals surface area contributed by atoms with Crippen molar-refractivity contribution in [2.75, 3.05) is 38.3 Å². The van der Waals surface area contributed by atoms with Crippen molar-refractivity contribution in [1.29, 1.82) is 5.26 Å². The molecular formula is C25H23N3O2. The van der Waals surface area contributed by atoms with Gasteiger partial charge in [-0.25, -0.2) is 0 Å². The molecule has 150 valence electrons. The predicted molar refractivity (Wildman–Crippen MR) is 117 cm³/mol. The van der Waals surface area contributed by atoms with Crippen molar-refractivity contribution >= 4 is 5.69 Å². The second-order valence-corrected chi connectivity index (χ2v) is 7.62. The topological polar surface area (TPSA) is 58.4 Å². The minimum atomic E-state index is 0.682. The summed E-state index contributed by atoms with van der Waals surface area (Å²) in [4.78, 5) is 6.88. The number of aromatic nitrogens is 1. The van der Waals surface area contributed by atoms with Crippen LogP contribution < -0.4 is 9.64 Å². The van der Waals surface area contributed by atoms with Crippen LogP contribution in [0.15, 0.2) is 48.7 Å². The maximum Gasteiger partial charge on any atom is 0.119 e. The Labute approximate surface area is 176 Å². The quantitative estimate of drug-likeness (QED) is 0.662. The fourth-order valence-electron chi connectivity index (χ4n) is 4.60. The second-order valence-electron chi connectivity index (χ2n) is 7.62. The number of nitrogens with zero attached hydrogens (tertiary/aromatic N) is 3. The van der Waals surface area contributed by atoms with Crippen LogP contribution in [0, 0.1) is 11.3 Å². The van der Waals surface area contributed by atoms with E-state index in [9.17, 15) is 5.26 Å². The fraction of sp³-hybridized carbons (Fsp3) is 0.280. The number of hydrogen-bond donors (Lipinski definition) is 0. The zero-order valence-electron chi connectivity index (χ0n) is 17.0. The molecule has 0 N–H and O–H groups in total. The highest BCUT2D eigenvalue weighted by Gasteiger charge is 2.28. The normalized spacial score (nSPS) is 15.1. The van der Waals surface area contributed by atoms with Gasteiger partial charge < -0.3 is 14.4 Å². The third kappa shape index (κ3) is 3.10. The van der Waals surface area contributed by atoms with E-state index in [1.165, 1.54) is 22.3 Å². The summed E-state index contributed by atoms with van der Waals surface area (Å²) in [6.07, 6.45) is 3.62. The fourth-order valence-corrected chi connectivity index (χ4v) is 4.60. The zero-order chi connectivity index (χ0) is 20.5. The Morgan fingerprint density at radius 1 is 1.03 bits per heavy atom. The van der Waals surface area contributed by atoms with Crippen LogP contribution in [-0.2, 0) is 17.6 Å². The molecular weight excluding hydrogens is 374 g/mol. The van der Waals surface area contributed by atoms with E-state index >= 15 is 0 Å². The number of hydrogen-bond acceptors (Lipinski definition) is 5. The van der Waals surface area contributed by atoms with Crippen LogP contribution in [0.25, 0.3) is 22.4 Å². The number of anilines is 1. The van der Waals surface area contributed by atoms with Gasteiger partial charge in [-0.15, -0.1) is 0 Å². The van der Waals surface area contributed by atoms with Crippen molar-refractivity contribution in [1.82, 2.24) is 4.98 Å². The van der Waals surface area contributed by atoms with Gasteiger partial charge in [-0.3, -0.25) is 4.98 Å². The molecule has 2 aromatic carbocycles. The first kappa shape index (κ1) is 18.7. The third-order valence-corrected chi connectivity index (χ3v) is 6.03. The second kappa shape index (κ2) is 7.81. The zero-order valence-corrected chi connectivity index (χ0v) is 17.0. The van der Waals surface area contributed by atoms with E-state index in [0.29, 0.717) is 18.8 Å². The number of ether oxygens (including phenoxy) is 2. The first-order chi connectivity index (χ1) is 14.8. The summed E-state index contributed by atoms with van der Waals surface area (Å²) in [6.45, 7) is 2.95. The molecule has 2 heterocycles. The Balaban J connectivity index is 1.79. The molecule has 2 aliphatic rings. The minimum Gasteiger partial charge on any atom is -0.497 e. The van der Waals surface area contributed by atoms with Crippen LogP contribution in [0.4, 0.5) is 5.69 Å². The molecule has 0 radical (unpaired) electrons. The number of morpholine rings is 1. The number of benzene rings is 2. The molecule has 5 rings (SSSR count). The Morgan fingerprint density at radius 2 is 1.90 bits per heavy atom. The van der Waals surface area contributed by atoms with E-state index in [1.807, 2.05) is 24.3 Å². The van der Waals surface area contributed by atoms with E-state index in [4.69, 9.17) is 9.47 Å². The Kier molecular flexibility index (Phi) is 4.86. The van der Waals surface area contributed by atoms with Crippen molar-refractivity contribution in [3.05, 3.63) is 65.4 Å². The molecule has 3 aromatic rings. The molecule has 0 saturated carbocycles. The lowest BCUT2D eigenvalue weighted by Crippen LogP contribution is -2.37. The lowest BCUT2D eigenvalue weighted by atomic mass is 9.81. The summed E-state index contributed by atoms with van der Waals surface area (Å²) in [6, 6.07) is 16.8. The highest BCUT2D eigenvalue weighted by molar-refractivity contribution is 5.89. The Bertz CT molecular complexity index is 1130. The van der Waals surface area contributed by atoms with Gasteiger partial charge in [-0.2, -0.15) is 5.26 Å². The van der Waals surface area contributed by atoms with Crippen LogP contribution in [0.1, 0.15) is 16.7 Å². The largest absolute Gasteiger partial charge is 0.497 e. The molecule has 0 spiro atoms. The molecule has 1 aliphatic carbocycles. The van der Waals surface area contributed by atoms with Gasteiger partial charge in [0, 0.05) is 24.8 Å². The van der Waals surface area contributed by atoms with Crippen molar-refractivity contribution in [3.8, 4) is 34.2 Å². The summed E-state index contributed by atoms with van der Waals surface area (Å²) in [7, 11) is 1.70. The first-order valence-corrected chi connectivity index (χ1v) is 10.3. The molecule has 0 atom stereocenters.